The van der Waals surface area contributed by atoms with Gasteiger partial charge in [0.2, 0.25) is 5.91 Å². The van der Waals surface area contributed by atoms with Crippen LogP contribution in [0.1, 0.15) is 43.2 Å². The molecule has 8 heteroatoms. The molecule has 4 rings (SSSR count). The van der Waals surface area contributed by atoms with Crippen LogP contribution < -0.4 is 9.80 Å². The van der Waals surface area contributed by atoms with E-state index in [1.807, 2.05) is 32.3 Å². The monoisotopic (exact) mass is 564 g/mol. The Morgan fingerprint density at radius 1 is 0.878 bits per heavy atom. The lowest BCUT2D eigenvalue weighted by Gasteiger charge is -2.30. The number of amides is 1. The van der Waals surface area contributed by atoms with Crippen molar-refractivity contribution in [2.75, 3.05) is 30.5 Å². The van der Waals surface area contributed by atoms with Gasteiger partial charge in [-0.05, 0) is 65.4 Å². The summed E-state index contributed by atoms with van der Waals surface area (Å²) in [7, 11) is 4.01. The van der Waals surface area contributed by atoms with Crippen molar-refractivity contribution in [3.05, 3.63) is 90.0 Å². The maximum Gasteiger partial charge on any atom is 0.422 e. The van der Waals surface area contributed by atoms with Gasteiger partial charge in [-0.25, -0.2) is 4.79 Å². The molecule has 1 aliphatic carbocycles. The molecule has 1 saturated carbocycles. The highest BCUT2D eigenvalue weighted by Gasteiger charge is 2.29. The molecule has 0 atom stereocenters. The third-order valence-electron chi connectivity index (χ3n) is 7.20. The van der Waals surface area contributed by atoms with Crippen molar-refractivity contribution in [3.8, 4) is 11.1 Å². The van der Waals surface area contributed by atoms with Gasteiger partial charge < -0.3 is 14.5 Å². The molecule has 3 aromatic rings. The van der Waals surface area contributed by atoms with Crippen LogP contribution in [0.25, 0.3) is 17.2 Å². The Kier molecular flexibility index (Phi) is 9.86. The number of esters is 1. The zero-order valence-electron chi connectivity index (χ0n) is 23.4. The summed E-state index contributed by atoms with van der Waals surface area (Å²) < 4.78 is 41.3. The summed E-state index contributed by atoms with van der Waals surface area (Å²) in [6.45, 7) is -1.27. The molecule has 5 nitrogen and oxygen atoms in total. The summed E-state index contributed by atoms with van der Waals surface area (Å²) in [5.41, 5.74) is 5.51. The maximum absolute atomic E-state index is 13.8. The van der Waals surface area contributed by atoms with Crippen LogP contribution >= 0.6 is 0 Å². The van der Waals surface area contributed by atoms with Gasteiger partial charge in [0.1, 0.15) is 0 Å². The molecule has 0 aromatic heterocycles. The first kappa shape index (κ1) is 29.9. The molecule has 3 aromatic carbocycles. The fourth-order valence-electron chi connectivity index (χ4n) is 4.97. The van der Waals surface area contributed by atoms with Crippen LogP contribution in [0.15, 0.2) is 78.9 Å². The van der Waals surface area contributed by atoms with Gasteiger partial charge in [-0.1, -0.05) is 67.8 Å². The highest BCUT2D eigenvalue weighted by molar-refractivity contribution is 5.95. The number of nitrogens with zero attached hydrogens (tertiary/aromatic N) is 2. The van der Waals surface area contributed by atoms with E-state index in [1.54, 1.807) is 23.1 Å². The lowest BCUT2D eigenvalue weighted by molar-refractivity contribution is -0.182. The summed E-state index contributed by atoms with van der Waals surface area (Å²) in [6.07, 6.45) is 2.64. The number of hydrogen-bond acceptors (Lipinski definition) is 4. The Labute approximate surface area is 239 Å². The molecular weight excluding hydrogens is 529 g/mol. The number of alkyl halides is 3. The van der Waals surface area contributed by atoms with Crippen LogP contribution in [0.2, 0.25) is 0 Å². The van der Waals surface area contributed by atoms with E-state index >= 15 is 0 Å². The zero-order valence-corrected chi connectivity index (χ0v) is 23.4. The molecule has 0 saturated heterocycles. The number of carbonyl (C=O) groups excluding carboxylic acids is 2. The number of hydrogen-bond donors (Lipinski definition) is 0. The Balaban J connectivity index is 1.54. The first-order valence-corrected chi connectivity index (χ1v) is 13.8. The molecule has 0 bridgehead atoms. The van der Waals surface area contributed by atoms with E-state index in [0.717, 1.165) is 60.6 Å². The van der Waals surface area contributed by atoms with Crippen LogP contribution in [0, 0.1) is 5.92 Å². The fourth-order valence-corrected chi connectivity index (χ4v) is 4.97. The minimum Gasteiger partial charge on any atom is -0.453 e. The number of anilines is 2. The van der Waals surface area contributed by atoms with Gasteiger partial charge in [0.05, 0.1) is 6.54 Å². The molecule has 0 radical (unpaired) electrons. The Morgan fingerprint density at radius 2 is 1.51 bits per heavy atom. The van der Waals surface area contributed by atoms with Gasteiger partial charge in [-0.2, -0.15) is 13.2 Å². The van der Waals surface area contributed by atoms with E-state index in [1.165, 1.54) is 6.08 Å². The number of carbonyl (C=O) groups is 2. The van der Waals surface area contributed by atoms with Crippen LogP contribution in [0.4, 0.5) is 24.5 Å². The van der Waals surface area contributed by atoms with Gasteiger partial charge in [-0.3, -0.25) is 4.79 Å². The Morgan fingerprint density at radius 3 is 2.12 bits per heavy atom. The summed E-state index contributed by atoms with van der Waals surface area (Å²) in [6, 6.07) is 23.5. The van der Waals surface area contributed by atoms with E-state index in [4.69, 9.17) is 0 Å². The van der Waals surface area contributed by atoms with Gasteiger partial charge in [0.15, 0.2) is 6.61 Å². The topological polar surface area (TPSA) is 49.9 Å². The highest BCUT2D eigenvalue weighted by atomic mass is 19.4. The zero-order chi connectivity index (χ0) is 29.4. The second kappa shape index (κ2) is 13.5. The van der Waals surface area contributed by atoms with Gasteiger partial charge in [-0.15, -0.1) is 0 Å². The quantitative estimate of drug-likeness (QED) is 0.198. The standard InChI is InChI=1S/C33H35F3N2O3/c1-37(2)29-18-16-27(17-19-29)26-14-11-25(12-15-26)22-38(32(40)28-8-4-3-5-9-28)30-10-6-7-24(21-30)13-20-31(39)41-23-33(34,35)36/h6-7,10-21,28H,3-5,8-9,22-23H2,1-2H3/b20-13+. The predicted molar refractivity (Wildman–Crippen MR) is 156 cm³/mol. The van der Waals surface area contributed by atoms with Crippen molar-refractivity contribution in [1.29, 1.82) is 0 Å². The predicted octanol–water partition coefficient (Wildman–Crippen LogP) is 7.65. The number of ether oxygens (including phenoxy) is 1. The normalized spacial score (nSPS) is 14.2. The lowest BCUT2D eigenvalue weighted by Crippen LogP contribution is -2.36. The van der Waals surface area contributed by atoms with Crippen molar-refractivity contribution >= 4 is 29.3 Å². The van der Waals surface area contributed by atoms with Crippen LogP contribution in [0.3, 0.4) is 0 Å². The largest absolute Gasteiger partial charge is 0.453 e. The van der Waals surface area contributed by atoms with Gasteiger partial charge >= 0.3 is 12.1 Å². The Bertz CT molecular complexity index is 1340. The average molecular weight is 565 g/mol. The summed E-state index contributed by atoms with van der Waals surface area (Å²) in [4.78, 5) is 29.3. The molecular formula is C33H35F3N2O3. The van der Waals surface area contributed by atoms with E-state index < -0.39 is 18.8 Å². The molecule has 41 heavy (non-hydrogen) atoms. The van der Waals surface area contributed by atoms with E-state index in [2.05, 4.69) is 46.0 Å². The third-order valence-corrected chi connectivity index (χ3v) is 7.20. The number of halogens is 3. The summed E-state index contributed by atoms with van der Waals surface area (Å²) in [5, 5.41) is 0. The van der Waals surface area contributed by atoms with Crippen LogP contribution in [0.5, 0.6) is 0 Å². The van der Waals surface area contributed by atoms with E-state index in [9.17, 15) is 22.8 Å². The number of rotatable bonds is 9. The lowest BCUT2D eigenvalue weighted by atomic mass is 9.88. The van der Waals surface area contributed by atoms with Gasteiger partial charge in [0.25, 0.3) is 0 Å². The molecule has 0 aliphatic heterocycles. The second-order valence-corrected chi connectivity index (χ2v) is 10.5. The molecule has 0 spiro atoms. The smallest absolute Gasteiger partial charge is 0.422 e. The van der Waals surface area contributed by atoms with Crippen molar-refractivity contribution in [2.45, 2.75) is 44.8 Å². The fraction of sp³-hybridized carbons (Fsp3) is 0.333. The van der Waals surface area contributed by atoms with Crippen molar-refractivity contribution in [1.82, 2.24) is 0 Å². The van der Waals surface area contributed by atoms with Crippen molar-refractivity contribution < 1.29 is 27.5 Å². The first-order chi connectivity index (χ1) is 19.6. The number of benzene rings is 3. The summed E-state index contributed by atoms with van der Waals surface area (Å²) >= 11 is 0. The molecule has 1 amide bonds. The third kappa shape index (κ3) is 8.71. The molecule has 0 unspecified atom stereocenters. The minimum absolute atomic E-state index is 0.0544. The molecule has 1 fully saturated rings. The van der Waals surface area contributed by atoms with Gasteiger partial charge in [0, 0.05) is 37.5 Å². The average Bonchev–Trinajstić information content (AvgIpc) is 2.98. The van der Waals surface area contributed by atoms with Crippen molar-refractivity contribution in [3.63, 3.8) is 0 Å². The van der Waals surface area contributed by atoms with E-state index in [0.29, 0.717) is 17.8 Å². The molecule has 0 heterocycles. The first-order valence-electron chi connectivity index (χ1n) is 13.8. The molecule has 1 aliphatic rings. The highest BCUT2D eigenvalue weighted by Crippen LogP contribution is 2.30. The SMILES string of the molecule is CN(C)c1ccc(-c2ccc(CN(C(=O)C3CCCCC3)c3cccc(/C=C/C(=O)OCC(F)(F)F)c3)cc2)cc1. The van der Waals surface area contributed by atoms with E-state index in [-0.39, 0.29) is 11.8 Å². The van der Waals surface area contributed by atoms with Crippen molar-refractivity contribution in [2.24, 2.45) is 5.92 Å². The van der Waals surface area contributed by atoms with Crippen LogP contribution in [-0.4, -0.2) is 38.8 Å². The minimum atomic E-state index is -4.59. The Hall–Kier alpha value is -4.07. The summed E-state index contributed by atoms with van der Waals surface area (Å²) in [5.74, 6) is -1.09. The second-order valence-electron chi connectivity index (χ2n) is 10.5. The molecule has 0 N–H and O–H groups in total. The maximum atomic E-state index is 13.8. The van der Waals surface area contributed by atoms with Crippen LogP contribution in [-0.2, 0) is 20.9 Å². The molecule has 216 valence electrons.